The van der Waals surface area contributed by atoms with Crippen molar-refractivity contribution >= 4 is 0 Å². The second-order valence-corrected chi connectivity index (χ2v) is 3.67. The van der Waals surface area contributed by atoms with Gasteiger partial charge in [0, 0.05) is 25.0 Å². The average Bonchev–Trinajstić information content (AvgIpc) is 2.72. The standard InChI is InChI=1S/C10H17N3/c1-2-13-6-4-9(11)10(13)8-3-5-12-7-8/h3,5,7,9-10,12H,2,4,6,11H2,1H3. The second-order valence-electron chi connectivity index (χ2n) is 3.67. The van der Waals surface area contributed by atoms with E-state index >= 15 is 0 Å². The van der Waals surface area contributed by atoms with Crippen molar-refractivity contribution in [3.05, 3.63) is 24.0 Å². The number of likely N-dealkylation sites (N-methyl/N-ethyl adjacent to an activating group) is 1. The lowest BCUT2D eigenvalue weighted by atomic mass is 10.0. The number of aromatic nitrogens is 1. The molecule has 1 fully saturated rings. The fourth-order valence-electron chi connectivity index (χ4n) is 2.22. The van der Waals surface area contributed by atoms with Gasteiger partial charge >= 0.3 is 0 Å². The molecule has 0 aromatic carbocycles. The Bertz CT molecular complexity index is 255. The molecule has 0 spiro atoms. The molecule has 0 amide bonds. The molecule has 72 valence electrons. The minimum absolute atomic E-state index is 0.302. The van der Waals surface area contributed by atoms with Crippen LogP contribution in [0, 0.1) is 0 Å². The maximum Gasteiger partial charge on any atom is 0.0514 e. The van der Waals surface area contributed by atoms with Crippen LogP contribution in [0.15, 0.2) is 18.5 Å². The van der Waals surface area contributed by atoms with Crippen LogP contribution in [0.2, 0.25) is 0 Å². The van der Waals surface area contributed by atoms with Crippen LogP contribution in [-0.4, -0.2) is 29.0 Å². The molecular weight excluding hydrogens is 162 g/mol. The first-order valence-corrected chi connectivity index (χ1v) is 4.95. The number of hydrogen-bond donors (Lipinski definition) is 2. The number of rotatable bonds is 2. The van der Waals surface area contributed by atoms with Crippen molar-refractivity contribution in [2.24, 2.45) is 5.73 Å². The highest BCUT2D eigenvalue weighted by Gasteiger charge is 2.31. The van der Waals surface area contributed by atoms with Gasteiger partial charge in [-0.2, -0.15) is 0 Å². The Kier molecular flexibility index (Phi) is 2.38. The van der Waals surface area contributed by atoms with E-state index < -0.39 is 0 Å². The third kappa shape index (κ3) is 1.49. The van der Waals surface area contributed by atoms with Gasteiger partial charge in [-0.05, 0) is 24.6 Å². The molecule has 3 nitrogen and oxygen atoms in total. The van der Waals surface area contributed by atoms with Crippen molar-refractivity contribution in [1.82, 2.24) is 9.88 Å². The Morgan fingerprint density at radius 3 is 3.15 bits per heavy atom. The zero-order chi connectivity index (χ0) is 9.26. The molecule has 1 aromatic rings. The fourth-order valence-corrected chi connectivity index (χ4v) is 2.22. The first-order valence-electron chi connectivity index (χ1n) is 4.95. The van der Waals surface area contributed by atoms with Crippen molar-refractivity contribution < 1.29 is 0 Å². The fraction of sp³-hybridized carbons (Fsp3) is 0.600. The Labute approximate surface area is 78.9 Å². The molecule has 13 heavy (non-hydrogen) atoms. The number of likely N-dealkylation sites (tertiary alicyclic amines) is 1. The zero-order valence-corrected chi connectivity index (χ0v) is 8.03. The van der Waals surface area contributed by atoms with Gasteiger partial charge in [0.2, 0.25) is 0 Å². The van der Waals surface area contributed by atoms with Crippen molar-refractivity contribution in [3.63, 3.8) is 0 Å². The van der Waals surface area contributed by atoms with E-state index in [1.165, 1.54) is 5.56 Å². The first-order chi connectivity index (χ1) is 6.33. The van der Waals surface area contributed by atoms with Crippen LogP contribution in [0.4, 0.5) is 0 Å². The molecule has 2 unspecified atom stereocenters. The molecule has 2 heterocycles. The average molecular weight is 179 g/mol. The van der Waals surface area contributed by atoms with Crippen molar-refractivity contribution in [1.29, 1.82) is 0 Å². The number of hydrogen-bond acceptors (Lipinski definition) is 2. The van der Waals surface area contributed by atoms with E-state index in [0.717, 1.165) is 19.5 Å². The van der Waals surface area contributed by atoms with E-state index in [0.29, 0.717) is 12.1 Å². The van der Waals surface area contributed by atoms with Gasteiger partial charge in [-0.15, -0.1) is 0 Å². The molecule has 3 N–H and O–H groups in total. The predicted molar refractivity (Wildman–Crippen MR) is 53.4 cm³/mol. The Hall–Kier alpha value is -0.800. The van der Waals surface area contributed by atoms with Crippen LogP contribution in [0.3, 0.4) is 0 Å². The van der Waals surface area contributed by atoms with Crippen LogP contribution >= 0.6 is 0 Å². The molecular formula is C10H17N3. The summed E-state index contributed by atoms with van der Waals surface area (Å²) in [5, 5.41) is 0. The summed E-state index contributed by atoms with van der Waals surface area (Å²) in [4.78, 5) is 5.53. The van der Waals surface area contributed by atoms with Gasteiger partial charge in [-0.3, -0.25) is 4.90 Å². The lowest BCUT2D eigenvalue weighted by Crippen LogP contribution is -2.31. The Morgan fingerprint density at radius 2 is 2.54 bits per heavy atom. The summed E-state index contributed by atoms with van der Waals surface area (Å²) in [6.45, 7) is 4.41. The van der Waals surface area contributed by atoms with Crippen molar-refractivity contribution in [2.75, 3.05) is 13.1 Å². The summed E-state index contributed by atoms with van der Waals surface area (Å²) in [5.41, 5.74) is 7.41. The third-order valence-electron chi connectivity index (χ3n) is 2.92. The van der Waals surface area contributed by atoms with E-state index in [4.69, 9.17) is 5.73 Å². The normalized spacial score (nSPS) is 29.7. The third-order valence-corrected chi connectivity index (χ3v) is 2.92. The molecule has 1 aromatic heterocycles. The highest BCUT2D eigenvalue weighted by atomic mass is 15.2. The van der Waals surface area contributed by atoms with Gasteiger partial charge in [0.15, 0.2) is 0 Å². The van der Waals surface area contributed by atoms with E-state index in [-0.39, 0.29) is 0 Å². The summed E-state index contributed by atoms with van der Waals surface area (Å²) in [7, 11) is 0. The van der Waals surface area contributed by atoms with Gasteiger partial charge in [0.1, 0.15) is 0 Å². The maximum absolute atomic E-state index is 6.08. The van der Waals surface area contributed by atoms with E-state index in [1.54, 1.807) is 0 Å². The number of H-pyrrole nitrogens is 1. The minimum Gasteiger partial charge on any atom is -0.367 e. The number of aromatic amines is 1. The molecule has 1 saturated heterocycles. The number of nitrogens with zero attached hydrogens (tertiary/aromatic N) is 1. The van der Waals surface area contributed by atoms with Gasteiger partial charge in [-0.25, -0.2) is 0 Å². The number of nitrogens with two attached hydrogens (primary N) is 1. The van der Waals surface area contributed by atoms with Crippen LogP contribution in [-0.2, 0) is 0 Å². The second kappa shape index (κ2) is 3.52. The largest absolute Gasteiger partial charge is 0.367 e. The summed E-state index contributed by atoms with van der Waals surface area (Å²) in [6, 6.07) is 2.85. The molecule has 3 heteroatoms. The smallest absolute Gasteiger partial charge is 0.0514 e. The van der Waals surface area contributed by atoms with Crippen LogP contribution in [0.25, 0.3) is 0 Å². The molecule has 1 aliphatic rings. The molecule has 0 saturated carbocycles. The highest BCUT2D eigenvalue weighted by Crippen LogP contribution is 2.30. The summed E-state index contributed by atoms with van der Waals surface area (Å²) in [5.74, 6) is 0. The molecule has 2 atom stereocenters. The lowest BCUT2D eigenvalue weighted by molar-refractivity contribution is 0.261. The molecule has 0 aliphatic carbocycles. The van der Waals surface area contributed by atoms with Crippen molar-refractivity contribution in [3.8, 4) is 0 Å². The van der Waals surface area contributed by atoms with Crippen molar-refractivity contribution in [2.45, 2.75) is 25.4 Å². The zero-order valence-electron chi connectivity index (χ0n) is 8.03. The predicted octanol–water partition coefficient (Wildman–Crippen LogP) is 1.11. The highest BCUT2D eigenvalue weighted by molar-refractivity contribution is 5.18. The van der Waals surface area contributed by atoms with E-state index in [2.05, 4.69) is 29.1 Å². The Morgan fingerprint density at radius 1 is 1.69 bits per heavy atom. The summed E-state index contributed by atoms with van der Waals surface area (Å²) >= 11 is 0. The lowest BCUT2D eigenvalue weighted by Gasteiger charge is -2.24. The molecule has 1 aliphatic heterocycles. The molecule has 0 bridgehead atoms. The van der Waals surface area contributed by atoms with E-state index in [1.807, 2.05) is 6.20 Å². The van der Waals surface area contributed by atoms with Crippen LogP contribution < -0.4 is 5.73 Å². The topological polar surface area (TPSA) is 45.0 Å². The molecule has 2 rings (SSSR count). The van der Waals surface area contributed by atoms with Gasteiger partial charge in [0.25, 0.3) is 0 Å². The van der Waals surface area contributed by atoms with Gasteiger partial charge < -0.3 is 10.7 Å². The quantitative estimate of drug-likeness (QED) is 0.714. The SMILES string of the molecule is CCN1CCC(N)C1c1cc[nH]c1. The number of nitrogens with one attached hydrogen (secondary N) is 1. The monoisotopic (exact) mass is 179 g/mol. The Balaban J connectivity index is 2.20. The maximum atomic E-state index is 6.08. The van der Waals surface area contributed by atoms with Gasteiger partial charge in [-0.1, -0.05) is 6.92 Å². The van der Waals surface area contributed by atoms with Crippen LogP contribution in [0.5, 0.6) is 0 Å². The molecule has 0 radical (unpaired) electrons. The van der Waals surface area contributed by atoms with E-state index in [9.17, 15) is 0 Å². The first kappa shape index (κ1) is 8.78. The minimum atomic E-state index is 0.302. The van der Waals surface area contributed by atoms with Gasteiger partial charge in [0.05, 0.1) is 6.04 Å². The van der Waals surface area contributed by atoms with Crippen LogP contribution in [0.1, 0.15) is 24.9 Å². The summed E-state index contributed by atoms with van der Waals surface area (Å²) in [6.07, 6.45) is 5.14. The summed E-state index contributed by atoms with van der Waals surface area (Å²) < 4.78 is 0.